The number of nitrogens with zero attached hydrogens (tertiary/aromatic N) is 1. The highest BCUT2D eigenvalue weighted by Gasteiger charge is 2.31. The second-order valence-electron chi connectivity index (χ2n) is 12.5. The van der Waals surface area contributed by atoms with E-state index >= 15 is 0 Å². The van der Waals surface area contributed by atoms with Crippen LogP contribution in [0.25, 0.3) is 0 Å². The number of nitrogens with one attached hydrogen (secondary N) is 1. The summed E-state index contributed by atoms with van der Waals surface area (Å²) in [5.41, 5.74) is 6.51. The second-order valence-corrected chi connectivity index (χ2v) is 12.5. The Balaban J connectivity index is 1.23. The van der Waals surface area contributed by atoms with Gasteiger partial charge in [0.15, 0.2) is 5.78 Å². The largest absolute Gasteiger partial charge is 0.468 e. The minimum atomic E-state index is -0.303. The number of carbonyl (C=O) groups is 2. The number of hydrogen-bond donors (Lipinski definition) is 2. The average Bonchev–Trinajstić information content (AvgIpc) is 3.74. The van der Waals surface area contributed by atoms with Gasteiger partial charge in [-0.15, -0.1) is 0 Å². The lowest BCUT2D eigenvalue weighted by atomic mass is 9.82. The number of aryl methyl sites for hydroxylation is 1. The molecule has 216 valence electrons. The van der Waals surface area contributed by atoms with Crippen LogP contribution in [0, 0.1) is 19.8 Å². The number of hydrogen-bond acceptors (Lipinski definition) is 5. The molecular weight excluding hydrogens is 512 g/mol. The molecule has 3 aromatic rings. The fraction of sp³-hybridized carbons (Fsp3) is 0.486. The van der Waals surface area contributed by atoms with Crippen LogP contribution in [-0.4, -0.2) is 36.0 Å². The molecule has 2 aliphatic carbocycles. The highest BCUT2D eigenvalue weighted by Crippen LogP contribution is 2.43. The zero-order valence-corrected chi connectivity index (χ0v) is 24.3. The molecule has 3 aliphatic rings. The van der Waals surface area contributed by atoms with Gasteiger partial charge in [-0.1, -0.05) is 36.8 Å². The average molecular weight is 555 g/mol. The quantitative estimate of drug-likeness (QED) is 0.281. The Morgan fingerprint density at radius 3 is 2.49 bits per heavy atom. The Hall–Kier alpha value is -3.38. The van der Waals surface area contributed by atoms with Crippen molar-refractivity contribution >= 4 is 23.1 Å². The topological polar surface area (TPSA) is 82.8 Å². The molecule has 3 fully saturated rings. The van der Waals surface area contributed by atoms with E-state index in [0.717, 1.165) is 80.6 Å². The van der Waals surface area contributed by atoms with Crippen LogP contribution in [0.15, 0.2) is 53.1 Å². The van der Waals surface area contributed by atoms with Gasteiger partial charge in [0.2, 0.25) is 0 Å². The maximum Gasteiger partial charge on any atom is 0.259 e. The number of para-hydroxylation sites is 1. The molecule has 0 spiro atoms. The molecule has 0 radical (unpaired) electrons. The molecule has 6 rings (SSSR count). The van der Waals surface area contributed by atoms with Crippen molar-refractivity contribution in [2.24, 2.45) is 5.92 Å². The predicted octanol–water partition coefficient (Wildman–Crippen LogP) is 7.53. The fourth-order valence-electron chi connectivity index (χ4n) is 6.96. The van der Waals surface area contributed by atoms with Crippen molar-refractivity contribution in [1.82, 2.24) is 0 Å². The van der Waals surface area contributed by atoms with Crippen molar-refractivity contribution in [3.63, 3.8) is 0 Å². The maximum atomic E-state index is 13.5. The van der Waals surface area contributed by atoms with Gasteiger partial charge in [-0.3, -0.25) is 9.59 Å². The van der Waals surface area contributed by atoms with Gasteiger partial charge >= 0.3 is 0 Å². The van der Waals surface area contributed by atoms with Crippen molar-refractivity contribution < 1.29 is 19.1 Å². The third-order valence-corrected chi connectivity index (χ3v) is 9.51. The van der Waals surface area contributed by atoms with Crippen LogP contribution in [0.3, 0.4) is 0 Å². The summed E-state index contributed by atoms with van der Waals surface area (Å²) < 4.78 is 5.80. The predicted molar refractivity (Wildman–Crippen MR) is 162 cm³/mol. The van der Waals surface area contributed by atoms with Crippen LogP contribution < -0.4 is 10.2 Å². The molecule has 2 saturated carbocycles. The van der Waals surface area contributed by atoms with Crippen LogP contribution in [0.2, 0.25) is 0 Å². The van der Waals surface area contributed by atoms with E-state index in [1.165, 1.54) is 11.3 Å². The van der Waals surface area contributed by atoms with Crippen molar-refractivity contribution in [2.45, 2.75) is 89.6 Å². The molecule has 2 heterocycles. The van der Waals surface area contributed by atoms with Gasteiger partial charge < -0.3 is 19.7 Å². The first-order valence-corrected chi connectivity index (χ1v) is 15.4. The number of anilines is 2. The molecule has 2 atom stereocenters. The molecule has 2 unspecified atom stereocenters. The molecule has 1 aromatic heterocycles. The van der Waals surface area contributed by atoms with Crippen LogP contribution in [0.1, 0.15) is 113 Å². The molecular formula is C35H42N2O4. The molecule has 2 N–H and O–H groups in total. The van der Waals surface area contributed by atoms with Crippen LogP contribution in [0.5, 0.6) is 0 Å². The SMILES string of the molecule is Cc1ccccc1N1CCC(c2ccc(C(=O)CC3CCCC(O)C3)cc2NC(=O)c2coc(C3CC3)c2C)CC1. The van der Waals surface area contributed by atoms with E-state index in [1.54, 1.807) is 6.26 Å². The van der Waals surface area contributed by atoms with E-state index in [4.69, 9.17) is 4.42 Å². The first kappa shape index (κ1) is 27.8. The summed E-state index contributed by atoms with van der Waals surface area (Å²) in [6.45, 7) is 6.01. The zero-order valence-electron chi connectivity index (χ0n) is 24.3. The molecule has 1 saturated heterocycles. The molecule has 41 heavy (non-hydrogen) atoms. The van der Waals surface area contributed by atoms with E-state index < -0.39 is 0 Å². The fourth-order valence-corrected chi connectivity index (χ4v) is 6.96. The van der Waals surface area contributed by atoms with E-state index in [0.29, 0.717) is 29.9 Å². The Morgan fingerprint density at radius 2 is 1.76 bits per heavy atom. The van der Waals surface area contributed by atoms with Crippen LogP contribution >= 0.6 is 0 Å². The van der Waals surface area contributed by atoms with Gasteiger partial charge in [0.25, 0.3) is 5.91 Å². The number of aliphatic hydroxyl groups excluding tert-OH is 1. The van der Waals surface area contributed by atoms with Gasteiger partial charge in [-0.25, -0.2) is 0 Å². The number of carbonyl (C=O) groups excluding carboxylic acids is 2. The highest BCUT2D eigenvalue weighted by atomic mass is 16.3. The third kappa shape index (κ3) is 6.13. The number of amides is 1. The van der Waals surface area contributed by atoms with E-state index in [1.807, 2.05) is 19.1 Å². The molecule has 2 aromatic carbocycles. The van der Waals surface area contributed by atoms with Crippen molar-refractivity contribution in [3.8, 4) is 0 Å². The summed E-state index contributed by atoms with van der Waals surface area (Å²) in [4.78, 5) is 29.4. The summed E-state index contributed by atoms with van der Waals surface area (Å²) in [5.74, 6) is 1.76. The number of rotatable bonds is 8. The number of ketones is 1. The minimum Gasteiger partial charge on any atom is -0.468 e. The van der Waals surface area contributed by atoms with Gasteiger partial charge in [-0.2, -0.15) is 0 Å². The first-order valence-electron chi connectivity index (χ1n) is 15.4. The van der Waals surface area contributed by atoms with Crippen molar-refractivity contribution in [2.75, 3.05) is 23.3 Å². The lowest BCUT2D eigenvalue weighted by Crippen LogP contribution is -2.33. The first-order chi connectivity index (χ1) is 19.9. The summed E-state index contributed by atoms with van der Waals surface area (Å²) in [6.07, 6.45) is 9.35. The molecule has 1 aliphatic heterocycles. The lowest BCUT2D eigenvalue weighted by molar-refractivity contribution is 0.0823. The lowest BCUT2D eigenvalue weighted by Gasteiger charge is -2.35. The van der Waals surface area contributed by atoms with Gasteiger partial charge in [0.05, 0.1) is 11.7 Å². The summed E-state index contributed by atoms with van der Waals surface area (Å²) in [5, 5.41) is 13.3. The molecule has 6 heteroatoms. The molecule has 1 amide bonds. The Morgan fingerprint density at radius 1 is 0.976 bits per heavy atom. The van der Waals surface area contributed by atoms with Gasteiger partial charge in [0.1, 0.15) is 12.0 Å². The number of piperidine rings is 1. The highest BCUT2D eigenvalue weighted by molar-refractivity contribution is 6.06. The van der Waals surface area contributed by atoms with Crippen molar-refractivity contribution in [1.29, 1.82) is 0 Å². The van der Waals surface area contributed by atoms with E-state index in [9.17, 15) is 14.7 Å². The Kier molecular flexibility index (Phi) is 8.03. The molecule has 6 nitrogen and oxygen atoms in total. The maximum absolute atomic E-state index is 13.5. The Labute approximate surface area is 243 Å². The summed E-state index contributed by atoms with van der Waals surface area (Å²) in [7, 11) is 0. The van der Waals surface area contributed by atoms with E-state index in [-0.39, 0.29) is 29.6 Å². The van der Waals surface area contributed by atoms with Crippen LogP contribution in [0.4, 0.5) is 11.4 Å². The monoisotopic (exact) mass is 554 g/mol. The zero-order chi connectivity index (χ0) is 28.5. The smallest absolute Gasteiger partial charge is 0.259 e. The number of Topliss-reactive ketones (excluding diaryl/α,β-unsaturated/α-hetero) is 1. The molecule has 0 bridgehead atoms. The third-order valence-electron chi connectivity index (χ3n) is 9.51. The Bertz CT molecular complexity index is 1410. The number of furan rings is 1. The normalized spacial score (nSPS) is 21.6. The standard InChI is InChI=1S/C35H42N2O4/c1-22-6-3-4-9-32(22)37-16-14-25(15-17-37)29-13-12-27(33(39)19-24-7-5-8-28(38)18-24)20-31(29)36-35(40)30-21-41-34(23(30)2)26-10-11-26/h3-4,6,9,12-13,20-21,24-26,28,38H,5,7-8,10-11,14-19H2,1-2H3,(H,36,40). The summed E-state index contributed by atoms with van der Waals surface area (Å²) in [6, 6.07) is 14.4. The van der Waals surface area contributed by atoms with Crippen LogP contribution in [-0.2, 0) is 0 Å². The number of benzene rings is 2. The van der Waals surface area contributed by atoms with Gasteiger partial charge in [0, 0.05) is 47.9 Å². The summed E-state index contributed by atoms with van der Waals surface area (Å²) >= 11 is 0. The number of aliphatic hydroxyl groups is 1. The van der Waals surface area contributed by atoms with Gasteiger partial charge in [-0.05, 0) is 93.9 Å². The van der Waals surface area contributed by atoms with E-state index in [2.05, 4.69) is 47.5 Å². The second kappa shape index (κ2) is 11.8. The van der Waals surface area contributed by atoms with Crippen molar-refractivity contribution in [3.05, 3.63) is 82.3 Å². The minimum absolute atomic E-state index is 0.0797.